The molecule has 0 radical (unpaired) electrons. The monoisotopic (exact) mass is 305 g/mol. The molecule has 0 bridgehead atoms. The van der Waals surface area contributed by atoms with E-state index in [2.05, 4.69) is 40.1 Å². The van der Waals surface area contributed by atoms with Crippen molar-refractivity contribution in [3.8, 4) is 0 Å². The molecule has 0 spiro atoms. The zero-order valence-electron chi connectivity index (χ0n) is 12.7. The minimum absolute atomic E-state index is 0.359. The van der Waals surface area contributed by atoms with Gasteiger partial charge in [0, 0.05) is 17.5 Å². The lowest BCUT2D eigenvalue weighted by Crippen LogP contribution is -2.42. The van der Waals surface area contributed by atoms with E-state index < -0.39 is 0 Å². The quantitative estimate of drug-likeness (QED) is 0.909. The highest BCUT2D eigenvalue weighted by molar-refractivity contribution is 7.18. The number of nitrogens with zero attached hydrogens (tertiary/aromatic N) is 3. The summed E-state index contributed by atoms with van der Waals surface area (Å²) in [5.74, 6) is 1.26. The number of nitrogens with one attached hydrogen (secondary N) is 1. The third-order valence-corrected chi connectivity index (χ3v) is 5.28. The number of hydrogen-bond acceptors (Lipinski definition) is 6. The molecule has 1 saturated heterocycles. The highest BCUT2D eigenvalue weighted by Crippen LogP contribution is 2.30. The van der Waals surface area contributed by atoms with Gasteiger partial charge < -0.3 is 16.0 Å². The Morgan fingerprint density at radius 2 is 2.29 bits per heavy atom. The van der Waals surface area contributed by atoms with Crippen molar-refractivity contribution in [3.05, 3.63) is 10.9 Å². The maximum Gasteiger partial charge on any atom is 0.223 e. The fraction of sp³-hybridized carbons (Fsp3) is 0.600. The summed E-state index contributed by atoms with van der Waals surface area (Å²) < 4.78 is 0. The molecular weight excluding hydrogens is 282 g/mol. The number of fused-ring (bicyclic) bond motifs is 1. The largest absolute Gasteiger partial charge is 0.368 e. The Morgan fingerprint density at radius 1 is 1.43 bits per heavy atom. The molecule has 0 aromatic carbocycles. The van der Waals surface area contributed by atoms with Gasteiger partial charge in [-0.05, 0) is 38.4 Å². The Hall–Kier alpha value is -1.40. The second-order valence-electron chi connectivity index (χ2n) is 5.59. The van der Waals surface area contributed by atoms with E-state index >= 15 is 0 Å². The zero-order valence-corrected chi connectivity index (χ0v) is 13.5. The molecule has 0 aliphatic carbocycles. The summed E-state index contributed by atoms with van der Waals surface area (Å²) >= 11 is 1.71. The minimum atomic E-state index is 0.359. The third-order valence-electron chi connectivity index (χ3n) is 4.10. The van der Waals surface area contributed by atoms with E-state index in [9.17, 15) is 0 Å². The lowest BCUT2D eigenvalue weighted by Gasteiger charge is -2.32. The summed E-state index contributed by atoms with van der Waals surface area (Å²) in [5.41, 5.74) is 5.87. The highest BCUT2D eigenvalue weighted by Gasteiger charge is 2.20. The summed E-state index contributed by atoms with van der Waals surface area (Å²) in [6.07, 6.45) is 3.44. The van der Waals surface area contributed by atoms with Crippen molar-refractivity contribution in [3.63, 3.8) is 0 Å². The summed E-state index contributed by atoms with van der Waals surface area (Å²) in [7, 11) is 0. The number of aryl methyl sites for hydroxylation is 1. The van der Waals surface area contributed by atoms with Crippen molar-refractivity contribution in [2.24, 2.45) is 0 Å². The molecule has 3 heterocycles. The average molecular weight is 305 g/mol. The van der Waals surface area contributed by atoms with Crippen LogP contribution in [-0.4, -0.2) is 40.5 Å². The zero-order chi connectivity index (χ0) is 14.8. The molecule has 1 aliphatic rings. The topological polar surface area (TPSA) is 67.1 Å². The van der Waals surface area contributed by atoms with Crippen molar-refractivity contribution >= 4 is 33.3 Å². The number of rotatable bonds is 4. The van der Waals surface area contributed by atoms with Gasteiger partial charge in [-0.25, -0.2) is 4.98 Å². The smallest absolute Gasteiger partial charge is 0.223 e. The maximum atomic E-state index is 5.87. The number of anilines is 2. The molecule has 2 aromatic rings. The van der Waals surface area contributed by atoms with Gasteiger partial charge in [-0.1, -0.05) is 13.8 Å². The molecule has 1 aliphatic heterocycles. The van der Waals surface area contributed by atoms with Crippen LogP contribution in [0.5, 0.6) is 0 Å². The Morgan fingerprint density at radius 3 is 3.05 bits per heavy atom. The Kier molecular flexibility index (Phi) is 4.26. The highest BCUT2D eigenvalue weighted by atomic mass is 32.1. The first-order chi connectivity index (χ1) is 10.2. The first-order valence-corrected chi connectivity index (χ1v) is 8.56. The number of piperidine rings is 1. The first-order valence-electron chi connectivity index (χ1n) is 7.74. The first kappa shape index (κ1) is 14.5. The molecule has 1 unspecified atom stereocenters. The van der Waals surface area contributed by atoms with Gasteiger partial charge in [-0.2, -0.15) is 4.98 Å². The van der Waals surface area contributed by atoms with Crippen molar-refractivity contribution in [2.75, 3.05) is 30.7 Å². The fourth-order valence-electron chi connectivity index (χ4n) is 2.93. The van der Waals surface area contributed by atoms with Crippen LogP contribution in [0.1, 0.15) is 31.6 Å². The van der Waals surface area contributed by atoms with Crippen LogP contribution >= 0.6 is 11.3 Å². The minimum Gasteiger partial charge on any atom is -0.368 e. The number of nitrogen functional groups attached to an aromatic ring is 1. The van der Waals surface area contributed by atoms with Crippen LogP contribution < -0.4 is 11.1 Å². The van der Waals surface area contributed by atoms with Crippen LogP contribution in [0.4, 0.5) is 11.8 Å². The normalized spacial score (nSPS) is 20.0. The predicted octanol–water partition coefficient (Wildman–Crippen LogP) is 2.73. The lowest BCUT2D eigenvalue weighted by molar-refractivity contribution is 0.226. The van der Waals surface area contributed by atoms with Crippen LogP contribution in [0, 0.1) is 0 Å². The molecule has 6 heteroatoms. The van der Waals surface area contributed by atoms with E-state index in [1.54, 1.807) is 11.3 Å². The fourth-order valence-corrected chi connectivity index (χ4v) is 3.90. The van der Waals surface area contributed by atoms with E-state index in [1.807, 2.05) is 0 Å². The van der Waals surface area contributed by atoms with E-state index in [4.69, 9.17) is 5.73 Å². The molecule has 2 aromatic heterocycles. The van der Waals surface area contributed by atoms with Crippen LogP contribution in [0.15, 0.2) is 6.07 Å². The standard InChI is InChI=1S/C15H23N5S/c1-3-11-8-12-13(18-15(16)19-14(12)21-11)17-10-6-5-7-20(4-2)9-10/h8,10H,3-7,9H2,1-2H3,(H3,16,17,18,19). The van der Waals surface area contributed by atoms with E-state index in [0.29, 0.717) is 12.0 Å². The Bertz CT molecular complexity index is 624. The molecule has 3 N–H and O–H groups in total. The molecule has 114 valence electrons. The lowest BCUT2D eigenvalue weighted by atomic mass is 10.1. The second-order valence-corrected chi connectivity index (χ2v) is 6.71. The van der Waals surface area contributed by atoms with Crippen molar-refractivity contribution in [2.45, 2.75) is 39.2 Å². The van der Waals surface area contributed by atoms with Gasteiger partial charge in [0.2, 0.25) is 5.95 Å². The molecule has 21 heavy (non-hydrogen) atoms. The molecule has 0 amide bonds. The van der Waals surface area contributed by atoms with Crippen molar-refractivity contribution in [1.29, 1.82) is 0 Å². The number of likely N-dealkylation sites (N-methyl/N-ethyl adjacent to an activating group) is 1. The third kappa shape index (κ3) is 3.11. The van der Waals surface area contributed by atoms with E-state index in [0.717, 1.165) is 35.5 Å². The van der Waals surface area contributed by atoms with E-state index in [1.165, 1.54) is 24.3 Å². The summed E-state index contributed by atoms with van der Waals surface area (Å²) in [6.45, 7) is 7.77. The second kappa shape index (κ2) is 6.15. The molecule has 1 atom stereocenters. The summed E-state index contributed by atoms with van der Waals surface area (Å²) in [4.78, 5) is 13.6. The Balaban J connectivity index is 1.87. The number of hydrogen-bond donors (Lipinski definition) is 2. The van der Waals surface area contributed by atoms with Gasteiger partial charge in [-0.15, -0.1) is 11.3 Å². The number of thiophene rings is 1. The van der Waals surface area contributed by atoms with E-state index in [-0.39, 0.29) is 0 Å². The maximum absolute atomic E-state index is 5.87. The summed E-state index contributed by atoms with van der Waals surface area (Å²) in [5, 5.41) is 4.71. The number of likely N-dealkylation sites (tertiary alicyclic amines) is 1. The Labute approximate surface area is 129 Å². The molecule has 3 rings (SSSR count). The van der Waals surface area contributed by atoms with Crippen molar-refractivity contribution < 1.29 is 0 Å². The van der Waals surface area contributed by atoms with Gasteiger partial charge in [0.15, 0.2) is 0 Å². The predicted molar refractivity (Wildman–Crippen MR) is 90.0 cm³/mol. The van der Waals surface area contributed by atoms with Gasteiger partial charge >= 0.3 is 0 Å². The van der Waals surface area contributed by atoms with Crippen LogP contribution in [-0.2, 0) is 6.42 Å². The van der Waals surface area contributed by atoms with Crippen LogP contribution in [0.25, 0.3) is 10.2 Å². The molecule has 1 fully saturated rings. The summed E-state index contributed by atoms with van der Waals surface area (Å²) in [6, 6.07) is 2.64. The van der Waals surface area contributed by atoms with Crippen LogP contribution in [0.3, 0.4) is 0 Å². The SMILES string of the molecule is CCc1cc2c(NC3CCCN(CC)C3)nc(N)nc2s1. The number of nitrogens with two attached hydrogens (primary N) is 1. The average Bonchev–Trinajstić information content (AvgIpc) is 2.90. The van der Waals surface area contributed by atoms with Gasteiger partial charge in [0.1, 0.15) is 10.6 Å². The molecule has 0 saturated carbocycles. The number of aromatic nitrogens is 2. The van der Waals surface area contributed by atoms with Crippen LogP contribution in [0.2, 0.25) is 0 Å². The van der Waals surface area contributed by atoms with Gasteiger partial charge in [0.05, 0.1) is 5.39 Å². The van der Waals surface area contributed by atoms with Crippen molar-refractivity contribution in [1.82, 2.24) is 14.9 Å². The van der Waals surface area contributed by atoms with Gasteiger partial charge in [-0.3, -0.25) is 0 Å². The molecular formula is C15H23N5S. The van der Waals surface area contributed by atoms with Gasteiger partial charge in [0.25, 0.3) is 0 Å². The molecule has 5 nitrogen and oxygen atoms in total.